The van der Waals surface area contributed by atoms with Gasteiger partial charge in [-0.1, -0.05) is 85.2 Å². The maximum absolute atomic E-state index is 14.3. The van der Waals surface area contributed by atoms with E-state index >= 15 is 0 Å². The van der Waals surface area contributed by atoms with Crippen LogP contribution in [0.4, 0.5) is 0 Å². The number of nitrogens with zero attached hydrogens (tertiary/aromatic N) is 2. The fraction of sp³-hybridized carbons (Fsp3) is 0.744. The summed E-state index contributed by atoms with van der Waals surface area (Å²) < 4.78 is 48.7. The van der Waals surface area contributed by atoms with Crippen LogP contribution in [-0.2, 0) is 54.7 Å². The summed E-state index contributed by atoms with van der Waals surface area (Å²) in [4.78, 5) is 72.4. The van der Waals surface area contributed by atoms with Gasteiger partial charge in [0.2, 0.25) is 11.8 Å². The van der Waals surface area contributed by atoms with Gasteiger partial charge in [-0.05, 0) is 49.6 Å². The van der Waals surface area contributed by atoms with Crippen LogP contribution in [0.15, 0.2) is 30.3 Å². The summed E-state index contributed by atoms with van der Waals surface area (Å²) in [6.07, 6.45) is 0.679. The molecule has 330 valence electrons. The topological polar surface area (TPSA) is 186 Å². The second kappa shape index (κ2) is 24.1. The van der Waals surface area contributed by atoms with E-state index in [1.165, 1.54) is 14.2 Å². The Hall–Kier alpha value is -3.24. The third-order valence-corrected chi connectivity index (χ3v) is 12.6. The van der Waals surface area contributed by atoms with Crippen molar-refractivity contribution in [3.63, 3.8) is 0 Å². The Morgan fingerprint density at radius 3 is 2.09 bits per heavy atom. The van der Waals surface area contributed by atoms with Crippen LogP contribution in [-0.4, -0.2) is 130 Å². The summed E-state index contributed by atoms with van der Waals surface area (Å²) in [5.41, 5.74) is 0.785. The van der Waals surface area contributed by atoms with Crippen molar-refractivity contribution < 1.29 is 51.2 Å². The number of methoxy groups -OCH3 is 2. The number of carbonyl (C=O) groups excluding carboxylic acids is 5. The largest absolute Gasteiger partial charge is 0.464 e. The predicted molar refractivity (Wildman–Crippen MR) is 222 cm³/mol. The molecule has 0 aliphatic carbocycles. The van der Waals surface area contributed by atoms with E-state index in [1.807, 2.05) is 59.7 Å². The lowest BCUT2D eigenvalue weighted by Gasteiger charge is -2.41. The number of rotatable bonds is 26. The quantitative estimate of drug-likeness (QED) is 0.0976. The van der Waals surface area contributed by atoms with Crippen molar-refractivity contribution in [3.8, 4) is 0 Å². The Labute approximate surface area is 347 Å². The molecule has 9 atom stereocenters. The highest BCUT2D eigenvalue weighted by Gasteiger charge is 2.43. The molecule has 1 aromatic carbocycles. The van der Waals surface area contributed by atoms with Gasteiger partial charge in [0, 0.05) is 52.5 Å². The zero-order valence-corrected chi connectivity index (χ0v) is 37.5. The molecule has 15 heteroatoms. The predicted octanol–water partition coefficient (Wildman–Crippen LogP) is 4.63. The average Bonchev–Trinajstić information content (AvgIpc) is 3.65. The van der Waals surface area contributed by atoms with Gasteiger partial charge >= 0.3 is 5.97 Å². The van der Waals surface area contributed by atoms with Crippen molar-refractivity contribution in [2.75, 3.05) is 47.2 Å². The molecule has 1 aromatic rings. The maximum atomic E-state index is 14.3. The molecule has 1 saturated heterocycles. The summed E-state index contributed by atoms with van der Waals surface area (Å²) in [6, 6.07) is 7.79. The number of likely N-dealkylation sites (N-methyl/N-ethyl adjacent to an activating group) is 2. The first-order valence-electron chi connectivity index (χ1n) is 20.7. The number of ketones is 2. The Morgan fingerprint density at radius 2 is 1.57 bits per heavy atom. The third-order valence-electron chi connectivity index (χ3n) is 11.9. The van der Waals surface area contributed by atoms with Crippen LogP contribution in [0.1, 0.15) is 92.6 Å². The minimum Gasteiger partial charge on any atom is -0.464 e. The Kier molecular flexibility index (Phi) is 21.2. The fourth-order valence-corrected chi connectivity index (χ4v) is 8.65. The van der Waals surface area contributed by atoms with E-state index in [4.69, 9.17) is 18.8 Å². The molecule has 0 bridgehead atoms. The van der Waals surface area contributed by atoms with Crippen molar-refractivity contribution in [2.24, 2.45) is 35.5 Å². The number of Topliss-reactive ketones (excluding diaryl/α,β-unsaturated/α-hetero) is 2. The summed E-state index contributed by atoms with van der Waals surface area (Å²) in [5, 5.41) is 3.09. The number of ether oxygens (including phenoxy) is 3. The normalized spacial score (nSPS) is 18.9. The summed E-state index contributed by atoms with van der Waals surface area (Å²) >= 11 is 0. The zero-order valence-electron chi connectivity index (χ0n) is 36.6. The monoisotopic (exact) mass is 837 g/mol. The van der Waals surface area contributed by atoms with E-state index in [0.29, 0.717) is 25.8 Å². The number of benzene rings is 1. The number of likely N-dealkylation sites (tertiary alicyclic amines) is 1. The lowest BCUT2D eigenvalue weighted by Crippen LogP contribution is -2.54. The third kappa shape index (κ3) is 14.8. The molecule has 0 aromatic heterocycles. The van der Waals surface area contributed by atoms with E-state index in [0.717, 1.165) is 5.56 Å². The summed E-state index contributed by atoms with van der Waals surface area (Å²) in [5.74, 6) is -4.46. The minimum atomic E-state index is -4.35. The molecule has 2 N–H and O–H groups in total. The van der Waals surface area contributed by atoms with Crippen LogP contribution in [0.2, 0.25) is 0 Å². The molecule has 0 spiro atoms. The standard InChI is InChI=1S/C43H71N3O11S/c1-12-29(6)40(45(9)42(50)33(27(2)3)25-36(48)39(44-8)28(4)5)37(55-10)26-38(49)46-20-16-19-34(46)41(56-11)30(7)35(47)24-32(23-31-17-14-13-15-18-31)43(51)57-21-22-58(52,53)54/h13-15,17-18,27-30,32-34,37,39-41,44H,12,16,19-26H2,1-11H3,(H,52,53,54)/t29-,30-,32+,33-,34-,37+,39-,40-,41+/m0/s1. The van der Waals surface area contributed by atoms with E-state index < -0.39 is 70.5 Å². The number of carbonyl (C=O) groups is 5. The number of hydrogen-bond acceptors (Lipinski definition) is 11. The molecule has 1 aliphatic rings. The zero-order chi connectivity index (χ0) is 43.9. The molecule has 1 aliphatic heterocycles. The number of hydrogen-bond donors (Lipinski definition) is 2. The molecule has 1 fully saturated rings. The second-order valence-corrected chi connectivity index (χ2v) is 18.2. The van der Waals surface area contributed by atoms with Gasteiger partial charge in [-0.3, -0.25) is 28.5 Å². The van der Waals surface area contributed by atoms with Crippen LogP contribution in [0, 0.1) is 35.5 Å². The number of esters is 1. The van der Waals surface area contributed by atoms with Gasteiger partial charge < -0.3 is 29.3 Å². The molecule has 2 rings (SSSR count). The van der Waals surface area contributed by atoms with E-state index in [-0.39, 0.29) is 72.9 Å². The van der Waals surface area contributed by atoms with Crippen molar-refractivity contribution in [1.82, 2.24) is 15.1 Å². The molecule has 58 heavy (non-hydrogen) atoms. The van der Waals surface area contributed by atoms with Crippen LogP contribution < -0.4 is 5.32 Å². The van der Waals surface area contributed by atoms with Gasteiger partial charge in [0.25, 0.3) is 10.1 Å². The number of nitrogens with one attached hydrogen (secondary N) is 1. The first-order chi connectivity index (χ1) is 27.2. The molecule has 0 unspecified atom stereocenters. The Bertz CT molecular complexity index is 1590. The van der Waals surface area contributed by atoms with Crippen LogP contribution >= 0.6 is 0 Å². The minimum absolute atomic E-state index is 0.0145. The smallest absolute Gasteiger partial charge is 0.309 e. The van der Waals surface area contributed by atoms with Crippen molar-refractivity contribution >= 4 is 39.5 Å². The van der Waals surface area contributed by atoms with E-state index in [2.05, 4.69) is 5.32 Å². The SMILES string of the molecule is CC[C@H](C)[C@@H]([C@@H](CC(=O)N1CCC[C@H]1[C@H](OC)[C@@H](C)C(=O)C[C@@H](Cc1ccccc1)C(=O)OCCS(=O)(=O)O)OC)N(C)C(=O)[C@@H](CC(=O)[C@@H](NC)C(C)C)C(C)C. The van der Waals surface area contributed by atoms with E-state index in [1.54, 1.807) is 43.0 Å². The van der Waals surface area contributed by atoms with Gasteiger partial charge in [-0.2, -0.15) is 8.42 Å². The highest BCUT2D eigenvalue weighted by Crippen LogP contribution is 2.32. The Morgan fingerprint density at radius 1 is 0.931 bits per heavy atom. The van der Waals surface area contributed by atoms with Crippen LogP contribution in [0.3, 0.4) is 0 Å². The van der Waals surface area contributed by atoms with Gasteiger partial charge in [0.15, 0.2) is 5.78 Å². The van der Waals surface area contributed by atoms with Gasteiger partial charge in [0.05, 0.1) is 42.7 Å². The first kappa shape index (κ1) is 50.9. The molecular weight excluding hydrogens is 767 g/mol. The van der Waals surface area contributed by atoms with Gasteiger partial charge in [-0.15, -0.1) is 0 Å². The van der Waals surface area contributed by atoms with Crippen molar-refractivity contribution in [1.29, 1.82) is 0 Å². The lowest BCUT2D eigenvalue weighted by atomic mass is 9.84. The fourth-order valence-electron chi connectivity index (χ4n) is 8.35. The molecule has 14 nitrogen and oxygen atoms in total. The van der Waals surface area contributed by atoms with Crippen molar-refractivity contribution in [2.45, 2.75) is 124 Å². The molecule has 2 amide bonds. The lowest BCUT2D eigenvalue weighted by molar-refractivity contribution is -0.151. The highest BCUT2D eigenvalue weighted by molar-refractivity contribution is 7.85. The highest BCUT2D eigenvalue weighted by atomic mass is 32.2. The average molecular weight is 838 g/mol. The van der Waals surface area contributed by atoms with Crippen molar-refractivity contribution in [3.05, 3.63) is 35.9 Å². The summed E-state index contributed by atoms with van der Waals surface area (Å²) in [7, 11) is 2.16. The number of amides is 2. The second-order valence-electron chi connectivity index (χ2n) is 16.6. The molecular formula is C43H71N3O11S. The molecule has 1 heterocycles. The molecule has 0 radical (unpaired) electrons. The van der Waals surface area contributed by atoms with Gasteiger partial charge in [0.1, 0.15) is 18.1 Å². The molecule has 0 saturated carbocycles. The van der Waals surface area contributed by atoms with Gasteiger partial charge in [-0.25, -0.2) is 0 Å². The summed E-state index contributed by atoms with van der Waals surface area (Å²) in [6.45, 7) is 13.5. The van der Waals surface area contributed by atoms with Crippen LogP contribution in [0.5, 0.6) is 0 Å². The van der Waals surface area contributed by atoms with E-state index in [9.17, 15) is 32.4 Å². The van der Waals surface area contributed by atoms with Crippen LogP contribution in [0.25, 0.3) is 0 Å². The Balaban J connectivity index is 2.30. The first-order valence-corrected chi connectivity index (χ1v) is 22.3. The maximum Gasteiger partial charge on any atom is 0.309 e.